The molecule has 0 N–H and O–H groups in total. The summed E-state index contributed by atoms with van der Waals surface area (Å²) >= 11 is 0. The van der Waals surface area contributed by atoms with Crippen molar-refractivity contribution in [3.05, 3.63) is 59.4 Å². The summed E-state index contributed by atoms with van der Waals surface area (Å²) in [5.41, 5.74) is 3.12. The zero-order valence-electron chi connectivity index (χ0n) is 13.7. The maximum atomic E-state index is 13.1. The van der Waals surface area contributed by atoms with Gasteiger partial charge in [0.2, 0.25) is 0 Å². The van der Waals surface area contributed by atoms with Gasteiger partial charge in [0.05, 0.1) is 11.4 Å². The van der Waals surface area contributed by atoms with Gasteiger partial charge in [-0.15, -0.1) is 0 Å². The van der Waals surface area contributed by atoms with E-state index in [4.69, 9.17) is 0 Å². The summed E-state index contributed by atoms with van der Waals surface area (Å²) < 4.78 is 13.1. The van der Waals surface area contributed by atoms with Gasteiger partial charge >= 0.3 is 0 Å². The third kappa shape index (κ3) is 2.31. The van der Waals surface area contributed by atoms with Crippen molar-refractivity contribution < 1.29 is 14.0 Å². The van der Waals surface area contributed by atoms with E-state index in [0.717, 1.165) is 16.0 Å². The summed E-state index contributed by atoms with van der Waals surface area (Å²) in [4.78, 5) is 26.8. The van der Waals surface area contributed by atoms with E-state index in [1.165, 1.54) is 29.3 Å². The molecule has 7 heteroatoms. The lowest BCUT2D eigenvalue weighted by Gasteiger charge is -2.21. The van der Waals surface area contributed by atoms with E-state index in [1.807, 2.05) is 26.0 Å². The molecule has 2 atom stereocenters. The Morgan fingerprint density at radius 1 is 0.920 bits per heavy atom. The van der Waals surface area contributed by atoms with Gasteiger partial charge in [-0.1, -0.05) is 11.3 Å². The molecule has 2 amide bonds. The molecule has 126 valence electrons. The zero-order chi connectivity index (χ0) is 17.7. The molecule has 1 fully saturated rings. The highest BCUT2D eigenvalue weighted by Crippen LogP contribution is 2.35. The van der Waals surface area contributed by atoms with Gasteiger partial charge in [-0.25, -0.2) is 14.3 Å². The second-order valence-corrected chi connectivity index (χ2v) is 6.20. The molecule has 25 heavy (non-hydrogen) atoms. The first kappa shape index (κ1) is 15.4. The maximum Gasteiger partial charge on any atom is 0.263 e. The van der Waals surface area contributed by atoms with E-state index < -0.39 is 18.0 Å². The van der Waals surface area contributed by atoms with Crippen molar-refractivity contribution in [3.63, 3.8) is 0 Å². The van der Waals surface area contributed by atoms with E-state index in [1.54, 1.807) is 6.07 Å². The largest absolute Gasteiger partial charge is 0.271 e. The van der Waals surface area contributed by atoms with Gasteiger partial charge in [0.1, 0.15) is 5.82 Å². The standard InChI is InChI=1S/C18H15FN4O2/c1-10-3-6-14(9-11(10)2)22-17(24)15-16(18(22)25)23(21-20-15)13-7-4-12(19)5-8-13/h3-9,15-16H,1-2H3/t15-,16+/m0/s1. The zero-order valence-corrected chi connectivity index (χ0v) is 13.7. The number of rotatable bonds is 2. The van der Waals surface area contributed by atoms with Crippen LogP contribution in [0.2, 0.25) is 0 Å². The predicted octanol–water partition coefficient (Wildman–Crippen LogP) is 2.94. The molecule has 0 aliphatic carbocycles. The van der Waals surface area contributed by atoms with E-state index in [9.17, 15) is 14.0 Å². The SMILES string of the molecule is Cc1ccc(N2C(=O)[C@H]3N=NN(c4ccc(F)cc4)[C@H]3C2=O)cc1C. The topological polar surface area (TPSA) is 65.3 Å². The van der Waals surface area contributed by atoms with Crippen LogP contribution >= 0.6 is 0 Å². The number of benzene rings is 2. The molecule has 0 saturated carbocycles. The van der Waals surface area contributed by atoms with Crippen molar-refractivity contribution in [1.29, 1.82) is 0 Å². The number of imide groups is 1. The Morgan fingerprint density at radius 2 is 1.60 bits per heavy atom. The van der Waals surface area contributed by atoms with Crippen LogP contribution in [0.15, 0.2) is 52.8 Å². The fourth-order valence-electron chi connectivity index (χ4n) is 3.09. The first-order valence-corrected chi connectivity index (χ1v) is 7.88. The van der Waals surface area contributed by atoms with Crippen LogP contribution in [0.1, 0.15) is 11.1 Å². The van der Waals surface area contributed by atoms with Gasteiger partial charge in [-0.05, 0) is 61.4 Å². The molecule has 2 aliphatic heterocycles. The van der Waals surface area contributed by atoms with Crippen LogP contribution in [-0.2, 0) is 9.59 Å². The van der Waals surface area contributed by atoms with Crippen molar-refractivity contribution in [3.8, 4) is 0 Å². The lowest BCUT2D eigenvalue weighted by Crippen LogP contribution is -2.39. The lowest BCUT2D eigenvalue weighted by atomic mass is 10.1. The molecular formula is C18H15FN4O2. The molecule has 2 heterocycles. The van der Waals surface area contributed by atoms with E-state index in [0.29, 0.717) is 11.4 Å². The van der Waals surface area contributed by atoms with E-state index in [-0.39, 0.29) is 11.7 Å². The number of anilines is 2. The van der Waals surface area contributed by atoms with E-state index in [2.05, 4.69) is 10.3 Å². The van der Waals surface area contributed by atoms with Crippen LogP contribution in [-0.4, -0.2) is 23.9 Å². The molecule has 2 aromatic carbocycles. The third-order valence-electron chi connectivity index (χ3n) is 4.62. The average Bonchev–Trinajstić information content (AvgIpc) is 3.12. The van der Waals surface area contributed by atoms with Gasteiger partial charge in [-0.3, -0.25) is 9.59 Å². The summed E-state index contributed by atoms with van der Waals surface area (Å²) in [6.07, 6.45) is 0. The Balaban J connectivity index is 1.70. The fourth-order valence-corrected chi connectivity index (χ4v) is 3.09. The number of carbonyl (C=O) groups is 2. The van der Waals surface area contributed by atoms with Gasteiger partial charge < -0.3 is 0 Å². The minimum atomic E-state index is -0.876. The highest BCUT2D eigenvalue weighted by molar-refractivity contribution is 6.26. The summed E-state index contributed by atoms with van der Waals surface area (Å²) in [5.74, 6) is -1.17. The number of fused-ring (bicyclic) bond motifs is 1. The number of aryl methyl sites for hydroxylation is 2. The van der Waals surface area contributed by atoms with Gasteiger partial charge in [-0.2, -0.15) is 5.11 Å². The number of hydrogen-bond acceptors (Lipinski definition) is 5. The fraction of sp³-hybridized carbons (Fsp3) is 0.222. The molecular weight excluding hydrogens is 323 g/mol. The molecule has 0 unspecified atom stereocenters. The number of halogens is 1. The normalized spacial score (nSPS) is 22.0. The van der Waals surface area contributed by atoms with Crippen LogP contribution < -0.4 is 9.91 Å². The smallest absolute Gasteiger partial charge is 0.263 e. The van der Waals surface area contributed by atoms with Crippen LogP contribution in [0.4, 0.5) is 15.8 Å². The van der Waals surface area contributed by atoms with Crippen LogP contribution in [0.25, 0.3) is 0 Å². The maximum absolute atomic E-state index is 13.1. The summed E-state index contributed by atoms with van der Waals surface area (Å²) in [6, 6.07) is 9.29. The molecule has 0 spiro atoms. The van der Waals surface area contributed by atoms with Gasteiger partial charge in [0.15, 0.2) is 12.1 Å². The van der Waals surface area contributed by atoms with Crippen molar-refractivity contribution >= 4 is 23.2 Å². The Hall–Kier alpha value is -3.09. The Kier molecular flexibility index (Phi) is 3.38. The summed E-state index contributed by atoms with van der Waals surface area (Å²) in [7, 11) is 0. The number of amides is 2. The lowest BCUT2D eigenvalue weighted by molar-refractivity contribution is -0.121. The molecule has 2 aromatic rings. The quantitative estimate of drug-likeness (QED) is 0.791. The Labute approximate surface area is 143 Å². The molecule has 1 saturated heterocycles. The number of hydrogen-bond donors (Lipinski definition) is 0. The molecule has 6 nitrogen and oxygen atoms in total. The Bertz CT molecular complexity index is 910. The summed E-state index contributed by atoms with van der Waals surface area (Å²) in [5, 5.41) is 9.30. The minimum absolute atomic E-state index is 0.382. The van der Waals surface area contributed by atoms with Gasteiger partial charge in [0, 0.05) is 0 Å². The van der Waals surface area contributed by atoms with Crippen LogP contribution in [0.3, 0.4) is 0 Å². The highest BCUT2D eigenvalue weighted by atomic mass is 19.1. The average molecular weight is 338 g/mol. The number of nitrogens with zero attached hydrogens (tertiary/aromatic N) is 4. The second kappa shape index (κ2) is 5.47. The molecule has 0 bridgehead atoms. The highest BCUT2D eigenvalue weighted by Gasteiger charge is 2.55. The van der Waals surface area contributed by atoms with Crippen molar-refractivity contribution in [1.82, 2.24) is 0 Å². The summed E-state index contributed by atoms with van der Waals surface area (Å²) in [6.45, 7) is 3.89. The van der Waals surface area contributed by atoms with Crippen LogP contribution in [0, 0.1) is 19.7 Å². The third-order valence-corrected chi connectivity index (χ3v) is 4.62. The second-order valence-electron chi connectivity index (χ2n) is 6.20. The number of carbonyl (C=O) groups excluding carboxylic acids is 2. The van der Waals surface area contributed by atoms with Crippen molar-refractivity contribution in [2.75, 3.05) is 9.91 Å². The molecule has 0 radical (unpaired) electrons. The van der Waals surface area contributed by atoms with E-state index >= 15 is 0 Å². The van der Waals surface area contributed by atoms with Crippen molar-refractivity contribution in [2.24, 2.45) is 10.3 Å². The van der Waals surface area contributed by atoms with Crippen LogP contribution in [0.5, 0.6) is 0 Å². The monoisotopic (exact) mass is 338 g/mol. The van der Waals surface area contributed by atoms with Crippen molar-refractivity contribution in [2.45, 2.75) is 25.9 Å². The first-order chi connectivity index (χ1) is 12.0. The Morgan fingerprint density at radius 3 is 2.28 bits per heavy atom. The molecule has 2 aliphatic rings. The predicted molar refractivity (Wildman–Crippen MR) is 89.7 cm³/mol. The van der Waals surface area contributed by atoms with Gasteiger partial charge in [0.25, 0.3) is 11.8 Å². The molecule has 0 aromatic heterocycles. The first-order valence-electron chi connectivity index (χ1n) is 7.88. The molecule has 4 rings (SSSR count). The minimum Gasteiger partial charge on any atom is -0.271 e.